The zero-order chi connectivity index (χ0) is 5.98. The van der Waals surface area contributed by atoms with Crippen molar-refractivity contribution < 1.29 is 0 Å². The monoisotopic (exact) mass is 115 g/mol. The SMILES string of the molecule is NC1CCN([O-])CC1. The number of piperidine rings is 1. The minimum Gasteiger partial charge on any atom is -0.785 e. The van der Waals surface area contributed by atoms with Crippen LogP contribution in [-0.2, 0) is 0 Å². The van der Waals surface area contributed by atoms with Crippen molar-refractivity contribution in [1.82, 2.24) is 5.06 Å². The molecule has 1 aliphatic heterocycles. The Hall–Kier alpha value is -0.120. The summed E-state index contributed by atoms with van der Waals surface area (Å²) in [4.78, 5) is 0. The van der Waals surface area contributed by atoms with E-state index >= 15 is 0 Å². The van der Waals surface area contributed by atoms with Crippen molar-refractivity contribution in [3.8, 4) is 0 Å². The lowest BCUT2D eigenvalue weighted by Crippen LogP contribution is -2.36. The molecule has 0 unspecified atom stereocenters. The molecular formula is C5H11N2O-. The van der Waals surface area contributed by atoms with Gasteiger partial charge in [-0.05, 0) is 25.9 Å². The Morgan fingerprint density at radius 3 is 2.25 bits per heavy atom. The molecule has 0 radical (unpaired) electrons. The fourth-order valence-electron chi connectivity index (χ4n) is 0.876. The second kappa shape index (κ2) is 2.44. The molecule has 0 aromatic heterocycles. The van der Waals surface area contributed by atoms with Crippen LogP contribution in [0.5, 0.6) is 0 Å². The maximum absolute atomic E-state index is 10.5. The lowest BCUT2D eigenvalue weighted by molar-refractivity contribution is 0.286. The molecule has 1 heterocycles. The van der Waals surface area contributed by atoms with Gasteiger partial charge in [-0.3, -0.25) is 0 Å². The molecule has 0 aromatic rings. The van der Waals surface area contributed by atoms with Crippen LogP contribution in [0.1, 0.15) is 12.8 Å². The van der Waals surface area contributed by atoms with E-state index in [2.05, 4.69) is 0 Å². The number of hydrogen-bond donors (Lipinski definition) is 1. The van der Waals surface area contributed by atoms with Gasteiger partial charge >= 0.3 is 0 Å². The first-order valence-electron chi connectivity index (χ1n) is 2.96. The third kappa shape index (κ3) is 1.43. The van der Waals surface area contributed by atoms with Crippen LogP contribution in [0, 0.1) is 5.21 Å². The van der Waals surface area contributed by atoms with Crippen molar-refractivity contribution in [2.75, 3.05) is 13.1 Å². The zero-order valence-corrected chi connectivity index (χ0v) is 4.84. The summed E-state index contributed by atoms with van der Waals surface area (Å²) in [5, 5.41) is 11.5. The molecule has 0 aromatic carbocycles. The maximum atomic E-state index is 10.5. The molecule has 0 saturated carbocycles. The average Bonchev–Trinajstić information content (AvgIpc) is 1.77. The summed E-state index contributed by atoms with van der Waals surface area (Å²) in [5.74, 6) is 0. The van der Waals surface area contributed by atoms with Crippen LogP contribution in [0.4, 0.5) is 0 Å². The smallest absolute Gasteiger partial charge is 0.00625 e. The van der Waals surface area contributed by atoms with Gasteiger partial charge in [0.15, 0.2) is 0 Å². The second-order valence-electron chi connectivity index (χ2n) is 2.27. The van der Waals surface area contributed by atoms with Gasteiger partial charge in [0, 0.05) is 6.04 Å². The van der Waals surface area contributed by atoms with E-state index in [4.69, 9.17) is 5.73 Å². The first kappa shape index (κ1) is 6.01. The number of nitrogens with zero attached hydrogens (tertiary/aromatic N) is 1. The predicted octanol–water partition coefficient (Wildman–Crippen LogP) is -0.0927. The minimum absolute atomic E-state index is 0.278. The van der Waals surface area contributed by atoms with Gasteiger partial charge in [0.25, 0.3) is 0 Å². The van der Waals surface area contributed by atoms with Crippen LogP contribution in [-0.4, -0.2) is 24.2 Å². The number of nitrogens with two attached hydrogens (primary N) is 1. The van der Waals surface area contributed by atoms with Gasteiger partial charge in [-0.1, -0.05) is 0 Å². The summed E-state index contributed by atoms with van der Waals surface area (Å²) in [6, 6.07) is 0.278. The molecule has 1 fully saturated rings. The van der Waals surface area contributed by atoms with E-state index in [1.165, 1.54) is 0 Å². The molecule has 0 bridgehead atoms. The summed E-state index contributed by atoms with van der Waals surface area (Å²) in [7, 11) is 0. The fraction of sp³-hybridized carbons (Fsp3) is 1.00. The molecule has 8 heavy (non-hydrogen) atoms. The fourth-order valence-corrected chi connectivity index (χ4v) is 0.876. The number of hydrogen-bond acceptors (Lipinski definition) is 3. The summed E-state index contributed by atoms with van der Waals surface area (Å²) in [5.41, 5.74) is 5.53. The van der Waals surface area contributed by atoms with Gasteiger partial charge in [-0.15, -0.1) is 0 Å². The maximum Gasteiger partial charge on any atom is 0.00625 e. The first-order valence-corrected chi connectivity index (χ1v) is 2.96. The minimum atomic E-state index is 0.278. The molecular weight excluding hydrogens is 104 g/mol. The summed E-state index contributed by atoms with van der Waals surface area (Å²) in [6.45, 7) is 1.25. The highest BCUT2D eigenvalue weighted by Crippen LogP contribution is 2.05. The van der Waals surface area contributed by atoms with E-state index in [0.29, 0.717) is 13.1 Å². The summed E-state index contributed by atoms with van der Waals surface area (Å²) >= 11 is 0. The predicted molar refractivity (Wildman–Crippen MR) is 32.1 cm³/mol. The Balaban J connectivity index is 2.19. The van der Waals surface area contributed by atoms with Gasteiger partial charge in [0.2, 0.25) is 0 Å². The Bertz CT molecular complexity index is 58.8. The van der Waals surface area contributed by atoms with E-state index in [0.717, 1.165) is 17.9 Å². The zero-order valence-electron chi connectivity index (χ0n) is 4.84. The van der Waals surface area contributed by atoms with E-state index in [9.17, 15) is 5.21 Å². The topological polar surface area (TPSA) is 52.3 Å². The molecule has 0 aliphatic carbocycles. The first-order chi connectivity index (χ1) is 3.79. The lowest BCUT2D eigenvalue weighted by Gasteiger charge is -2.34. The van der Waals surface area contributed by atoms with Crippen LogP contribution >= 0.6 is 0 Å². The molecule has 0 amide bonds. The van der Waals surface area contributed by atoms with Crippen LogP contribution < -0.4 is 5.73 Å². The molecule has 3 nitrogen and oxygen atoms in total. The van der Waals surface area contributed by atoms with Gasteiger partial charge in [0.05, 0.1) is 0 Å². The van der Waals surface area contributed by atoms with Crippen molar-refractivity contribution in [3.63, 3.8) is 0 Å². The van der Waals surface area contributed by atoms with Crippen molar-refractivity contribution >= 4 is 0 Å². The van der Waals surface area contributed by atoms with E-state index in [-0.39, 0.29) is 6.04 Å². The molecule has 0 atom stereocenters. The van der Waals surface area contributed by atoms with E-state index in [1.54, 1.807) is 0 Å². The van der Waals surface area contributed by atoms with Gasteiger partial charge in [0.1, 0.15) is 0 Å². The Kier molecular flexibility index (Phi) is 1.83. The van der Waals surface area contributed by atoms with Crippen molar-refractivity contribution in [3.05, 3.63) is 5.21 Å². The standard InChI is InChI=1S/C5H11N2O/c6-5-1-3-7(8)4-2-5/h5H,1-4,6H2/q-1. The van der Waals surface area contributed by atoms with Gasteiger partial charge < -0.3 is 16.0 Å². The van der Waals surface area contributed by atoms with Crippen molar-refractivity contribution in [2.45, 2.75) is 18.9 Å². The number of rotatable bonds is 0. The third-order valence-corrected chi connectivity index (χ3v) is 1.50. The molecule has 0 spiro atoms. The van der Waals surface area contributed by atoms with E-state index < -0.39 is 0 Å². The van der Waals surface area contributed by atoms with Crippen molar-refractivity contribution in [1.29, 1.82) is 0 Å². The molecule has 1 rings (SSSR count). The average molecular weight is 115 g/mol. The third-order valence-electron chi connectivity index (χ3n) is 1.50. The summed E-state index contributed by atoms with van der Waals surface area (Å²) in [6.07, 6.45) is 1.73. The van der Waals surface area contributed by atoms with Gasteiger partial charge in [-0.25, -0.2) is 0 Å². The molecule has 1 saturated heterocycles. The quantitative estimate of drug-likeness (QED) is 0.480. The summed E-state index contributed by atoms with van der Waals surface area (Å²) < 4.78 is 0. The highest BCUT2D eigenvalue weighted by Gasteiger charge is 2.07. The Morgan fingerprint density at radius 2 is 1.88 bits per heavy atom. The highest BCUT2D eigenvalue weighted by molar-refractivity contribution is 4.73. The van der Waals surface area contributed by atoms with Gasteiger partial charge in [-0.2, -0.15) is 0 Å². The van der Waals surface area contributed by atoms with Crippen LogP contribution in [0.15, 0.2) is 0 Å². The van der Waals surface area contributed by atoms with Crippen LogP contribution in [0.2, 0.25) is 0 Å². The van der Waals surface area contributed by atoms with Crippen LogP contribution in [0.25, 0.3) is 0 Å². The normalized spacial score (nSPS) is 26.2. The molecule has 3 heteroatoms. The Morgan fingerprint density at radius 1 is 1.38 bits per heavy atom. The second-order valence-corrected chi connectivity index (χ2v) is 2.27. The largest absolute Gasteiger partial charge is 0.785 e. The molecule has 48 valence electrons. The number of hydroxylamine groups is 2. The molecule has 2 N–H and O–H groups in total. The Labute approximate surface area is 49.0 Å². The lowest BCUT2D eigenvalue weighted by atomic mass is 10.1. The van der Waals surface area contributed by atoms with Crippen LogP contribution in [0.3, 0.4) is 0 Å². The molecule has 1 aliphatic rings. The highest BCUT2D eigenvalue weighted by atomic mass is 16.5. The van der Waals surface area contributed by atoms with E-state index in [1.807, 2.05) is 0 Å². The van der Waals surface area contributed by atoms with Crippen molar-refractivity contribution in [2.24, 2.45) is 5.73 Å².